The number of nitrogens with one attached hydrogen (secondary N) is 1. The molecule has 10 heteroatoms. The molecule has 1 aromatic carbocycles. The highest BCUT2D eigenvalue weighted by Crippen LogP contribution is 2.41. The predicted octanol–water partition coefficient (Wildman–Crippen LogP) is 5.02. The monoisotopic (exact) mass is 510 g/mol. The van der Waals surface area contributed by atoms with Crippen molar-refractivity contribution in [2.24, 2.45) is 0 Å². The number of hydrogen-bond donors (Lipinski definition) is 1. The van der Waals surface area contributed by atoms with E-state index in [-0.39, 0.29) is 11.7 Å². The van der Waals surface area contributed by atoms with Crippen molar-refractivity contribution in [3.8, 4) is 23.0 Å². The summed E-state index contributed by atoms with van der Waals surface area (Å²) < 4.78 is 14.5. The number of piperidine rings is 1. The van der Waals surface area contributed by atoms with E-state index in [2.05, 4.69) is 34.1 Å². The third-order valence-corrected chi connectivity index (χ3v) is 7.74. The van der Waals surface area contributed by atoms with Gasteiger partial charge in [0.25, 0.3) is 0 Å². The first-order valence-corrected chi connectivity index (χ1v) is 13.2. The zero-order valence-electron chi connectivity index (χ0n) is 19.8. The van der Waals surface area contributed by atoms with Crippen molar-refractivity contribution in [1.29, 1.82) is 0 Å². The van der Waals surface area contributed by atoms with Gasteiger partial charge in [-0.25, -0.2) is 15.0 Å². The largest absolute Gasteiger partial charge is 0.490 e. The van der Waals surface area contributed by atoms with Crippen LogP contribution in [0.2, 0.25) is 5.02 Å². The summed E-state index contributed by atoms with van der Waals surface area (Å²) in [5, 5.41) is 4.91. The molecule has 0 radical (unpaired) electrons. The summed E-state index contributed by atoms with van der Waals surface area (Å²) >= 11 is 8.47. The van der Waals surface area contributed by atoms with Gasteiger partial charge in [0.05, 0.1) is 11.6 Å². The van der Waals surface area contributed by atoms with Crippen molar-refractivity contribution in [3.05, 3.63) is 45.6 Å². The Morgan fingerprint density at radius 2 is 2.03 bits per heavy atom. The zero-order valence-corrected chi connectivity index (χ0v) is 21.3. The van der Waals surface area contributed by atoms with Crippen LogP contribution >= 0.6 is 22.9 Å². The third kappa shape index (κ3) is 4.72. The molecule has 1 aliphatic heterocycles. The summed E-state index contributed by atoms with van der Waals surface area (Å²) in [4.78, 5) is 19.7. The number of imidazole rings is 1. The highest BCUT2D eigenvalue weighted by atomic mass is 35.5. The average molecular weight is 511 g/mol. The number of aromatic nitrogens is 5. The highest BCUT2D eigenvalue weighted by molar-refractivity contribution is 7.11. The first-order valence-electron chi connectivity index (χ1n) is 12.0. The van der Waals surface area contributed by atoms with Crippen LogP contribution < -0.4 is 14.8 Å². The quantitative estimate of drug-likeness (QED) is 0.373. The van der Waals surface area contributed by atoms with E-state index in [0.717, 1.165) is 60.0 Å². The molecule has 0 spiro atoms. The summed E-state index contributed by atoms with van der Waals surface area (Å²) in [6.07, 6.45) is 7.62. The summed E-state index contributed by atoms with van der Waals surface area (Å²) in [6, 6.07) is 5.82. The molecule has 6 rings (SSSR count). The van der Waals surface area contributed by atoms with Crippen LogP contribution in [0, 0.1) is 6.92 Å². The van der Waals surface area contributed by atoms with Crippen LogP contribution in [0.1, 0.15) is 42.5 Å². The lowest BCUT2D eigenvalue weighted by Gasteiger charge is -2.24. The molecule has 1 N–H and O–H groups in total. The van der Waals surface area contributed by atoms with E-state index in [1.165, 1.54) is 6.33 Å². The van der Waals surface area contributed by atoms with Crippen LogP contribution in [0.25, 0.3) is 22.6 Å². The van der Waals surface area contributed by atoms with Crippen molar-refractivity contribution in [3.63, 3.8) is 0 Å². The number of hydrogen-bond acceptors (Lipinski definition) is 8. The Labute approximate surface area is 212 Å². The number of fused-ring (bicyclic) bond motifs is 1. The second-order valence-electron chi connectivity index (χ2n) is 9.50. The lowest BCUT2D eigenvalue weighted by molar-refractivity contribution is 0.162. The molecule has 0 atom stereocenters. The molecular weight excluding hydrogens is 484 g/mol. The number of thiazole rings is 1. The lowest BCUT2D eigenvalue weighted by Crippen LogP contribution is -2.34. The molecule has 35 heavy (non-hydrogen) atoms. The van der Waals surface area contributed by atoms with Gasteiger partial charge in [0.15, 0.2) is 11.2 Å². The maximum absolute atomic E-state index is 6.82. The van der Waals surface area contributed by atoms with Gasteiger partial charge in [0, 0.05) is 16.6 Å². The van der Waals surface area contributed by atoms with Gasteiger partial charge in [-0.1, -0.05) is 11.6 Å². The van der Waals surface area contributed by atoms with Crippen molar-refractivity contribution in [2.75, 3.05) is 13.1 Å². The number of ether oxygens (including phenoxy) is 2. The van der Waals surface area contributed by atoms with Crippen LogP contribution in [0.5, 0.6) is 11.6 Å². The Morgan fingerprint density at radius 1 is 1.20 bits per heavy atom. The first-order chi connectivity index (χ1) is 17.0. The van der Waals surface area contributed by atoms with Crippen LogP contribution in [-0.2, 0) is 6.54 Å². The van der Waals surface area contributed by atoms with E-state index < -0.39 is 0 Å². The maximum Gasteiger partial charge on any atom is 0.245 e. The maximum atomic E-state index is 6.82. The SMILES string of the molecule is Cc1cnc(Cn2c(-c3ccc(OC4CCNCC4)cc3Cl)nc3c(OC4(C)CC4)ncnc32)s1. The van der Waals surface area contributed by atoms with Gasteiger partial charge in [-0.3, -0.25) is 0 Å². The summed E-state index contributed by atoms with van der Waals surface area (Å²) in [5.41, 5.74) is 1.96. The second kappa shape index (κ2) is 9.04. The Kier molecular flexibility index (Phi) is 5.86. The third-order valence-electron chi connectivity index (χ3n) is 6.53. The normalized spacial score (nSPS) is 17.6. The molecule has 0 bridgehead atoms. The summed E-state index contributed by atoms with van der Waals surface area (Å²) in [6.45, 7) is 6.62. The molecule has 182 valence electrons. The number of nitrogens with zero attached hydrogens (tertiary/aromatic N) is 5. The predicted molar refractivity (Wildman–Crippen MR) is 137 cm³/mol. The Bertz CT molecular complexity index is 1380. The van der Waals surface area contributed by atoms with Gasteiger partial charge in [0.2, 0.25) is 5.88 Å². The summed E-state index contributed by atoms with van der Waals surface area (Å²) in [5.74, 6) is 1.99. The van der Waals surface area contributed by atoms with E-state index in [1.54, 1.807) is 11.3 Å². The van der Waals surface area contributed by atoms with Crippen molar-refractivity contribution >= 4 is 34.1 Å². The minimum Gasteiger partial charge on any atom is -0.490 e. The van der Waals surface area contributed by atoms with Crippen molar-refractivity contribution < 1.29 is 9.47 Å². The van der Waals surface area contributed by atoms with E-state index in [4.69, 9.17) is 26.1 Å². The molecule has 8 nitrogen and oxygen atoms in total. The van der Waals surface area contributed by atoms with Gasteiger partial charge in [0.1, 0.15) is 34.6 Å². The molecule has 2 aliphatic rings. The first kappa shape index (κ1) is 22.7. The number of benzene rings is 1. The van der Waals surface area contributed by atoms with Crippen LogP contribution in [0.15, 0.2) is 30.7 Å². The molecule has 4 aromatic rings. The second-order valence-corrected chi connectivity index (χ2v) is 11.2. The molecule has 2 fully saturated rings. The van der Waals surface area contributed by atoms with Crippen LogP contribution in [0.3, 0.4) is 0 Å². The Hall–Kier alpha value is -2.75. The van der Waals surface area contributed by atoms with Gasteiger partial charge >= 0.3 is 0 Å². The molecule has 0 unspecified atom stereocenters. The summed E-state index contributed by atoms with van der Waals surface area (Å²) in [7, 11) is 0. The van der Waals surface area contributed by atoms with Crippen LogP contribution in [-0.4, -0.2) is 49.3 Å². The standard InChI is InChI=1S/C25H27ClN6O2S/c1-15-12-28-20(35-15)13-32-22(31-21-23(32)29-14-30-24(21)34-25(2)7-8-25)18-4-3-17(11-19(18)26)33-16-5-9-27-10-6-16/h3-4,11-12,14,16,27H,5-10,13H2,1-2H3. The lowest BCUT2D eigenvalue weighted by atomic mass is 10.1. The fraction of sp³-hybridized carbons (Fsp3) is 0.440. The molecular formula is C25H27ClN6O2S. The minimum absolute atomic E-state index is 0.178. The number of aryl methyl sites for hydroxylation is 1. The average Bonchev–Trinajstić information content (AvgIpc) is 3.25. The minimum atomic E-state index is -0.178. The van der Waals surface area contributed by atoms with E-state index in [1.807, 2.05) is 29.0 Å². The van der Waals surface area contributed by atoms with Gasteiger partial charge in [-0.15, -0.1) is 11.3 Å². The molecule has 0 amide bonds. The van der Waals surface area contributed by atoms with E-state index >= 15 is 0 Å². The highest BCUT2D eigenvalue weighted by Gasteiger charge is 2.41. The smallest absolute Gasteiger partial charge is 0.245 e. The van der Waals surface area contributed by atoms with E-state index in [0.29, 0.717) is 34.4 Å². The molecule has 1 saturated carbocycles. The van der Waals surface area contributed by atoms with Crippen LogP contribution in [0.4, 0.5) is 0 Å². The molecule has 1 saturated heterocycles. The van der Waals surface area contributed by atoms with E-state index in [9.17, 15) is 0 Å². The number of halogens is 1. The molecule has 4 heterocycles. The number of rotatable bonds is 7. The molecule has 3 aromatic heterocycles. The Balaban J connectivity index is 1.41. The van der Waals surface area contributed by atoms with Crippen molar-refractivity contribution in [2.45, 2.75) is 57.8 Å². The zero-order chi connectivity index (χ0) is 24.0. The van der Waals surface area contributed by atoms with Gasteiger partial charge in [-0.05, 0) is 70.8 Å². The topological polar surface area (TPSA) is 87.0 Å². The fourth-order valence-electron chi connectivity index (χ4n) is 4.32. The fourth-order valence-corrected chi connectivity index (χ4v) is 5.35. The molecule has 1 aliphatic carbocycles. The van der Waals surface area contributed by atoms with Gasteiger partial charge < -0.3 is 19.4 Å². The van der Waals surface area contributed by atoms with Crippen molar-refractivity contribution in [1.82, 2.24) is 29.8 Å². The Morgan fingerprint density at radius 3 is 2.74 bits per heavy atom. The van der Waals surface area contributed by atoms with Gasteiger partial charge in [-0.2, -0.15) is 4.98 Å².